The highest BCUT2D eigenvalue weighted by Crippen LogP contribution is 2.40. The number of nitrogens with zero attached hydrogens (tertiary/aromatic N) is 6. The van der Waals surface area contributed by atoms with Gasteiger partial charge in [-0.25, -0.2) is 15.0 Å². The van der Waals surface area contributed by atoms with Crippen molar-refractivity contribution in [1.29, 1.82) is 5.26 Å². The summed E-state index contributed by atoms with van der Waals surface area (Å²) in [4.78, 5) is 17.0. The van der Waals surface area contributed by atoms with E-state index in [0.29, 0.717) is 17.0 Å². The average molecular weight is 442 g/mol. The molecular weight excluding hydrogens is 414 g/mol. The minimum Gasteiger partial charge on any atom is -0.445 e. The second-order valence-corrected chi connectivity index (χ2v) is 7.03. The van der Waals surface area contributed by atoms with Crippen LogP contribution in [0.3, 0.4) is 0 Å². The van der Waals surface area contributed by atoms with Crippen LogP contribution >= 0.6 is 0 Å². The Hall–Kier alpha value is -4.25. The predicted molar refractivity (Wildman–Crippen MR) is 127 cm³/mol. The van der Waals surface area contributed by atoms with E-state index in [1.807, 2.05) is 62.7 Å². The molecule has 8 nitrogen and oxygen atoms in total. The van der Waals surface area contributed by atoms with Crippen molar-refractivity contribution in [2.75, 3.05) is 7.05 Å². The first-order valence-corrected chi connectivity index (χ1v) is 10.7. The molecule has 0 fully saturated rings. The number of allylic oxidation sites excluding steroid dienone is 3. The quantitative estimate of drug-likeness (QED) is 0.607. The molecule has 0 spiro atoms. The minimum absolute atomic E-state index is 0.100. The Balaban J connectivity index is 0.00000149. The van der Waals surface area contributed by atoms with Crippen molar-refractivity contribution >= 4 is 5.71 Å². The van der Waals surface area contributed by atoms with Crippen LogP contribution in [0.25, 0.3) is 5.69 Å². The fraction of sp³-hybridized carbons (Fsp3) is 0.240. The molecule has 1 aromatic carbocycles. The maximum atomic E-state index is 9.90. The van der Waals surface area contributed by atoms with Gasteiger partial charge in [-0.1, -0.05) is 26.0 Å². The van der Waals surface area contributed by atoms with Gasteiger partial charge in [-0.3, -0.25) is 4.99 Å². The summed E-state index contributed by atoms with van der Waals surface area (Å²) in [6, 6.07) is 10.2. The van der Waals surface area contributed by atoms with Crippen molar-refractivity contribution in [3.63, 3.8) is 0 Å². The smallest absolute Gasteiger partial charge is 0.205 e. The van der Waals surface area contributed by atoms with E-state index in [0.717, 1.165) is 28.2 Å². The van der Waals surface area contributed by atoms with Crippen LogP contribution in [0.1, 0.15) is 43.6 Å². The standard InChI is InChI=1S/C23H21N7O.C2H6/c1-14-20(22(26-3)17-11-27-13-28-12-17)21(19(10-24)23(25)31-14)16-4-6-18(7-5-16)30-9-8-29-15(30)2;1-2/h4-9,11-13,21H,25H2,1-3H3;1-2H3. The summed E-state index contributed by atoms with van der Waals surface area (Å²) in [6.45, 7) is 7.77. The molecule has 2 N–H and O–H groups in total. The summed E-state index contributed by atoms with van der Waals surface area (Å²) in [5.41, 5.74) is 10.5. The Kier molecular flexibility index (Phi) is 7.36. The number of aryl methyl sites for hydroxylation is 1. The molecule has 3 aromatic rings. The highest BCUT2D eigenvalue weighted by atomic mass is 16.5. The molecule has 0 radical (unpaired) electrons. The van der Waals surface area contributed by atoms with Crippen LogP contribution in [0, 0.1) is 18.3 Å². The van der Waals surface area contributed by atoms with Crippen LogP contribution in [-0.4, -0.2) is 32.3 Å². The van der Waals surface area contributed by atoms with Gasteiger partial charge in [-0.2, -0.15) is 5.26 Å². The van der Waals surface area contributed by atoms with Gasteiger partial charge in [0.15, 0.2) is 0 Å². The van der Waals surface area contributed by atoms with Crippen LogP contribution in [0.15, 0.2) is 83.2 Å². The Morgan fingerprint density at radius 1 is 1.15 bits per heavy atom. The Morgan fingerprint density at radius 2 is 1.82 bits per heavy atom. The number of aliphatic imine (C=N–C) groups is 1. The Morgan fingerprint density at radius 3 is 2.36 bits per heavy atom. The molecule has 0 saturated carbocycles. The van der Waals surface area contributed by atoms with Gasteiger partial charge >= 0.3 is 0 Å². The summed E-state index contributed by atoms with van der Waals surface area (Å²) in [7, 11) is 1.69. The normalized spacial score (nSPS) is 16.0. The monoisotopic (exact) mass is 441 g/mol. The van der Waals surface area contributed by atoms with E-state index >= 15 is 0 Å². The molecule has 3 heterocycles. The van der Waals surface area contributed by atoms with Crippen molar-refractivity contribution in [2.45, 2.75) is 33.6 Å². The molecule has 2 aromatic heterocycles. The molecule has 1 atom stereocenters. The van der Waals surface area contributed by atoms with E-state index in [2.05, 4.69) is 26.0 Å². The second kappa shape index (κ2) is 10.4. The van der Waals surface area contributed by atoms with Crippen molar-refractivity contribution in [2.24, 2.45) is 10.7 Å². The van der Waals surface area contributed by atoms with Gasteiger partial charge in [0.2, 0.25) is 5.88 Å². The molecule has 8 heteroatoms. The summed E-state index contributed by atoms with van der Waals surface area (Å²) in [5, 5.41) is 9.90. The van der Waals surface area contributed by atoms with Gasteiger partial charge in [0.25, 0.3) is 0 Å². The summed E-state index contributed by atoms with van der Waals surface area (Å²) >= 11 is 0. The zero-order valence-corrected chi connectivity index (χ0v) is 19.4. The minimum atomic E-state index is -0.435. The lowest BCUT2D eigenvalue weighted by atomic mass is 9.79. The van der Waals surface area contributed by atoms with Crippen LogP contribution in [0.5, 0.6) is 0 Å². The molecule has 0 amide bonds. The fourth-order valence-corrected chi connectivity index (χ4v) is 3.83. The van der Waals surface area contributed by atoms with Crippen LogP contribution in [-0.2, 0) is 4.74 Å². The number of nitriles is 1. The number of hydrogen-bond acceptors (Lipinski definition) is 7. The SMILES string of the molecule is CC.CN=C(C1=C(C)OC(N)=C(C#N)C1c1ccc(-n2ccnc2C)cc1)c1cncnc1. The third-order valence-corrected chi connectivity index (χ3v) is 5.25. The van der Waals surface area contributed by atoms with Gasteiger partial charge in [-0.15, -0.1) is 0 Å². The third-order valence-electron chi connectivity index (χ3n) is 5.25. The van der Waals surface area contributed by atoms with E-state index in [4.69, 9.17) is 10.5 Å². The number of benzene rings is 1. The topological polar surface area (TPSA) is 115 Å². The summed E-state index contributed by atoms with van der Waals surface area (Å²) < 4.78 is 7.73. The molecule has 1 aliphatic heterocycles. The molecule has 1 aliphatic rings. The first-order chi connectivity index (χ1) is 16.0. The van der Waals surface area contributed by atoms with E-state index in [1.165, 1.54) is 6.33 Å². The number of nitrogens with two attached hydrogens (primary N) is 1. The lowest BCUT2D eigenvalue weighted by Crippen LogP contribution is -2.25. The number of imidazole rings is 1. The predicted octanol–water partition coefficient (Wildman–Crippen LogP) is 4.20. The largest absolute Gasteiger partial charge is 0.445 e. The summed E-state index contributed by atoms with van der Waals surface area (Å²) in [5.74, 6) is 1.14. The number of rotatable bonds is 4. The number of ether oxygens (including phenoxy) is 1. The fourth-order valence-electron chi connectivity index (χ4n) is 3.83. The zero-order valence-electron chi connectivity index (χ0n) is 19.4. The van der Waals surface area contributed by atoms with Gasteiger partial charge in [0, 0.05) is 48.7 Å². The molecule has 0 saturated heterocycles. The molecule has 33 heavy (non-hydrogen) atoms. The molecule has 1 unspecified atom stereocenters. The Bertz CT molecular complexity index is 1250. The van der Waals surface area contributed by atoms with Crippen LogP contribution in [0.2, 0.25) is 0 Å². The van der Waals surface area contributed by atoms with E-state index in [-0.39, 0.29) is 5.88 Å². The van der Waals surface area contributed by atoms with Gasteiger partial charge in [-0.05, 0) is 31.5 Å². The second-order valence-electron chi connectivity index (χ2n) is 7.03. The average Bonchev–Trinajstić information content (AvgIpc) is 3.28. The first kappa shape index (κ1) is 23.4. The summed E-state index contributed by atoms with van der Waals surface area (Å²) in [6.07, 6.45) is 8.50. The highest BCUT2D eigenvalue weighted by Gasteiger charge is 2.34. The molecular formula is C25H27N7O. The molecule has 4 rings (SSSR count). The number of aromatic nitrogens is 4. The highest BCUT2D eigenvalue weighted by molar-refractivity contribution is 6.14. The molecule has 168 valence electrons. The van der Waals surface area contributed by atoms with Gasteiger partial charge < -0.3 is 15.0 Å². The van der Waals surface area contributed by atoms with E-state index in [9.17, 15) is 5.26 Å². The van der Waals surface area contributed by atoms with Crippen molar-refractivity contribution in [3.8, 4) is 11.8 Å². The van der Waals surface area contributed by atoms with Crippen molar-refractivity contribution in [3.05, 3.63) is 95.1 Å². The van der Waals surface area contributed by atoms with Gasteiger partial charge in [0.05, 0.1) is 11.6 Å². The Labute approximate surface area is 193 Å². The lowest BCUT2D eigenvalue weighted by Gasteiger charge is -2.29. The van der Waals surface area contributed by atoms with E-state index in [1.54, 1.807) is 25.6 Å². The third kappa shape index (κ3) is 4.53. The maximum Gasteiger partial charge on any atom is 0.205 e. The van der Waals surface area contributed by atoms with Gasteiger partial charge in [0.1, 0.15) is 29.6 Å². The zero-order chi connectivity index (χ0) is 24.0. The van der Waals surface area contributed by atoms with Crippen LogP contribution in [0.4, 0.5) is 0 Å². The number of hydrogen-bond donors (Lipinski definition) is 1. The van der Waals surface area contributed by atoms with Crippen molar-refractivity contribution in [1.82, 2.24) is 19.5 Å². The molecule has 0 aliphatic carbocycles. The van der Waals surface area contributed by atoms with Crippen molar-refractivity contribution < 1.29 is 4.74 Å². The van der Waals surface area contributed by atoms with Crippen LogP contribution < -0.4 is 5.73 Å². The first-order valence-electron chi connectivity index (χ1n) is 10.7. The lowest BCUT2D eigenvalue weighted by molar-refractivity contribution is 0.284. The molecule has 0 bridgehead atoms. The van der Waals surface area contributed by atoms with E-state index < -0.39 is 5.92 Å². The maximum absolute atomic E-state index is 9.90.